The van der Waals surface area contributed by atoms with Crippen LogP contribution < -0.4 is 10.1 Å². The number of benzene rings is 1. The Morgan fingerprint density at radius 1 is 1.24 bits per heavy atom. The first-order chi connectivity index (χ1) is 10.2. The standard InChI is InChI=1S/C19H29NO/c1-14(2)10-15-6-5-8-17(11-15)20-13-18-12-16-7-3-4-9-19(16)21-18/h3-4,7,9,14-15,17-18,20H,5-6,8,10-13H2,1-2H3. The van der Waals surface area contributed by atoms with Gasteiger partial charge in [0, 0.05) is 19.0 Å². The molecule has 2 aliphatic rings. The fourth-order valence-corrected chi connectivity index (χ4v) is 4.02. The van der Waals surface area contributed by atoms with Crippen LogP contribution in [0.4, 0.5) is 0 Å². The maximum atomic E-state index is 6.03. The van der Waals surface area contributed by atoms with Crippen molar-refractivity contribution in [3.63, 3.8) is 0 Å². The molecular weight excluding hydrogens is 258 g/mol. The van der Waals surface area contributed by atoms with Crippen molar-refractivity contribution < 1.29 is 4.74 Å². The van der Waals surface area contributed by atoms with Crippen molar-refractivity contribution in [1.29, 1.82) is 0 Å². The van der Waals surface area contributed by atoms with Gasteiger partial charge < -0.3 is 10.1 Å². The molecule has 116 valence electrons. The number of ether oxygens (including phenoxy) is 1. The lowest BCUT2D eigenvalue weighted by molar-refractivity contribution is 0.198. The van der Waals surface area contributed by atoms with Crippen LogP contribution in [0.25, 0.3) is 0 Å². The Balaban J connectivity index is 1.44. The molecule has 0 radical (unpaired) electrons. The highest BCUT2D eigenvalue weighted by Gasteiger charge is 2.26. The van der Waals surface area contributed by atoms with Gasteiger partial charge in [-0.3, -0.25) is 0 Å². The third-order valence-corrected chi connectivity index (χ3v) is 4.94. The molecular formula is C19H29NO. The van der Waals surface area contributed by atoms with Gasteiger partial charge in [0.15, 0.2) is 0 Å². The van der Waals surface area contributed by atoms with E-state index in [1.807, 2.05) is 0 Å². The largest absolute Gasteiger partial charge is 0.488 e. The maximum Gasteiger partial charge on any atom is 0.123 e. The number of para-hydroxylation sites is 1. The molecule has 0 amide bonds. The number of hydrogen-bond donors (Lipinski definition) is 1. The molecule has 1 aliphatic carbocycles. The monoisotopic (exact) mass is 287 g/mol. The molecule has 3 rings (SSSR count). The van der Waals surface area contributed by atoms with Gasteiger partial charge in [0.25, 0.3) is 0 Å². The summed E-state index contributed by atoms with van der Waals surface area (Å²) in [4.78, 5) is 0. The zero-order valence-electron chi connectivity index (χ0n) is 13.5. The van der Waals surface area contributed by atoms with Crippen LogP contribution in [0.15, 0.2) is 24.3 Å². The smallest absolute Gasteiger partial charge is 0.123 e. The van der Waals surface area contributed by atoms with Crippen LogP contribution in [0.3, 0.4) is 0 Å². The van der Waals surface area contributed by atoms with Gasteiger partial charge in [-0.15, -0.1) is 0 Å². The van der Waals surface area contributed by atoms with E-state index in [1.165, 1.54) is 37.7 Å². The average Bonchev–Trinajstić information content (AvgIpc) is 2.87. The van der Waals surface area contributed by atoms with E-state index >= 15 is 0 Å². The first-order valence-electron chi connectivity index (χ1n) is 8.68. The SMILES string of the molecule is CC(C)CC1CCCC(NCC2Cc3ccccc3O2)C1. The van der Waals surface area contributed by atoms with Crippen molar-refractivity contribution in [3.05, 3.63) is 29.8 Å². The molecule has 1 aliphatic heterocycles. The third kappa shape index (κ3) is 4.00. The Labute approximate surface area is 129 Å². The molecule has 2 nitrogen and oxygen atoms in total. The van der Waals surface area contributed by atoms with Gasteiger partial charge in [-0.2, -0.15) is 0 Å². The lowest BCUT2D eigenvalue weighted by Gasteiger charge is -2.31. The first kappa shape index (κ1) is 14.9. The fourth-order valence-electron chi connectivity index (χ4n) is 4.02. The lowest BCUT2D eigenvalue weighted by atomic mass is 9.81. The predicted molar refractivity (Wildman–Crippen MR) is 87.8 cm³/mol. The second-order valence-electron chi connectivity index (χ2n) is 7.32. The molecule has 0 aromatic heterocycles. The highest BCUT2D eigenvalue weighted by atomic mass is 16.5. The summed E-state index contributed by atoms with van der Waals surface area (Å²) >= 11 is 0. The van der Waals surface area contributed by atoms with Crippen LogP contribution >= 0.6 is 0 Å². The summed E-state index contributed by atoms with van der Waals surface area (Å²) in [5.74, 6) is 2.85. The third-order valence-electron chi connectivity index (χ3n) is 4.94. The van der Waals surface area contributed by atoms with Gasteiger partial charge in [-0.25, -0.2) is 0 Å². The predicted octanol–water partition coefficient (Wildman–Crippen LogP) is 4.18. The van der Waals surface area contributed by atoms with E-state index in [0.717, 1.165) is 30.6 Å². The molecule has 2 heteroatoms. The quantitative estimate of drug-likeness (QED) is 0.877. The summed E-state index contributed by atoms with van der Waals surface area (Å²) in [5.41, 5.74) is 1.37. The highest BCUT2D eigenvalue weighted by Crippen LogP contribution is 2.30. The van der Waals surface area contributed by atoms with Crippen LogP contribution in [0, 0.1) is 11.8 Å². The molecule has 1 aromatic carbocycles. The zero-order chi connectivity index (χ0) is 14.7. The Kier molecular flexibility index (Phi) is 4.84. The summed E-state index contributed by atoms with van der Waals surface area (Å²) in [5, 5.41) is 3.78. The van der Waals surface area contributed by atoms with Crippen molar-refractivity contribution in [2.75, 3.05) is 6.54 Å². The normalized spacial score (nSPS) is 28.4. The summed E-state index contributed by atoms with van der Waals surface area (Å²) in [6.07, 6.45) is 8.30. The molecule has 3 unspecified atom stereocenters. The molecule has 0 saturated heterocycles. The van der Waals surface area contributed by atoms with Crippen LogP contribution in [0.2, 0.25) is 0 Å². The Morgan fingerprint density at radius 3 is 2.90 bits per heavy atom. The second-order valence-corrected chi connectivity index (χ2v) is 7.32. The van der Waals surface area contributed by atoms with Gasteiger partial charge in [0.1, 0.15) is 11.9 Å². The minimum absolute atomic E-state index is 0.327. The summed E-state index contributed by atoms with van der Waals surface area (Å²) in [6.45, 7) is 5.69. The Hall–Kier alpha value is -1.02. The molecule has 1 N–H and O–H groups in total. The molecule has 0 spiro atoms. The summed E-state index contributed by atoms with van der Waals surface area (Å²) in [6, 6.07) is 9.15. The van der Waals surface area contributed by atoms with Crippen LogP contribution in [-0.2, 0) is 6.42 Å². The van der Waals surface area contributed by atoms with E-state index in [9.17, 15) is 0 Å². The number of nitrogens with one attached hydrogen (secondary N) is 1. The van der Waals surface area contributed by atoms with Gasteiger partial charge >= 0.3 is 0 Å². The minimum atomic E-state index is 0.327. The molecule has 1 aromatic rings. The van der Waals surface area contributed by atoms with Gasteiger partial charge in [0.2, 0.25) is 0 Å². The molecule has 21 heavy (non-hydrogen) atoms. The molecule has 1 saturated carbocycles. The number of hydrogen-bond acceptors (Lipinski definition) is 2. The number of fused-ring (bicyclic) bond motifs is 1. The molecule has 1 heterocycles. The van der Waals surface area contributed by atoms with Gasteiger partial charge in [-0.05, 0) is 42.7 Å². The average molecular weight is 287 g/mol. The topological polar surface area (TPSA) is 21.3 Å². The summed E-state index contributed by atoms with van der Waals surface area (Å²) in [7, 11) is 0. The van der Waals surface area contributed by atoms with Gasteiger partial charge in [0.05, 0.1) is 0 Å². The molecule has 3 atom stereocenters. The van der Waals surface area contributed by atoms with Crippen molar-refractivity contribution in [2.45, 2.75) is 64.5 Å². The van der Waals surface area contributed by atoms with Crippen LogP contribution in [-0.4, -0.2) is 18.7 Å². The van der Waals surface area contributed by atoms with E-state index in [-0.39, 0.29) is 0 Å². The van der Waals surface area contributed by atoms with Crippen molar-refractivity contribution >= 4 is 0 Å². The molecule has 0 bridgehead atoms. The first-order valence-corrected chi connectivity index (χ1v) is 8.68. The number of rotatable bonds is 5. The van der Waals surface area contributed by atoms with E-state index in [1.54, 1.807) is 0 Å². The van der Waals surface area contributed by atoms with E-state index < -0.39 is 0 Å². The Morgan fingerprint density at radius 2 is 2.10 bits per heavy atom. The fraction of sp³-hybridized carbons (Fsp3) is 0.684. The van der Waals surface area contributed by atoms with Crippen molar-refractivity contribution in [1.82, 2.24) is 5.32 Å². The van der Waals surface area contributed by atoms with E-state index in [4.69, 9.17) is 4.74 Å². The van der Waals surface area contributed by atoms with Crippen LogP contribution in [0.5, 0.6) is 5.75 Å². The maximum absolute atomic E-state index is 6.03. The van der Waals surface area contributed by atoms with E-state index in [2.05, 4.69) is 43.4 Å². The van der Waals surface area contributed by atoms with Gasteiger partial charge in [-0.1, -0.05) is 44.9 Å². The molecule has 1 fully saturated rings. The van der Waals surface area contributed by atoms with Crippen molar-refractivity contribution in [2.24, 2.45) is 11.8 Å². The minimum Gasteiger partial charge on any atom is -0.488 e. The Bertz CT molecular complexity index is 432. The van der Waals surface area contributed by atoms with Crippen LogP contribution in [0.1, 0.15) is 51.5 Å². The second kappa shape index (κ2) is 6.83. The zero-order valence-corrected chi connectivity index (χ0v) is 13.5. The van der Waals surface area contributed by atoms with E-state index in [0.29, 0.717) is 12.1 Å². The lowest BCUT2D eigenvalue weighted by Crippen LogP contribution is -2.40. The highest BCUT2D eigenvalue weighted by molar-refractivity contribution is 5.37. The van der Waals surface area contributed by atoms with Crippen molar-refractivity contribution in [3.8, 4) is 5.75 Å². The summed E-state index contributed by atoms with van der Waals surface area (Å²) < 4.78 is 6.03.